The van der Waals surface area contributed by atoms with Gasteiger partial charge in [-0.05, 0) is 29.8 Å². The minimum atomic E-state index is -0.538. The standard InChI is InChI=1S/C20H20N4O5/c1-13(25)21-15-8-6-14(7-9-15)10-18(26)22-23-19(27)11-24-16-4-2-3-5-17(16)29-12-20(24)28/h2-9H,10-12H2,1H3,(H,21,25)(H,22,26)(H,23,27). The van der Waals surface area contributed by atoms with E-state index in [9.17, 15) is 19.2 Å². The first-order chi connectivity index (χ1) is 13.9. The average molecular weight is 396 g/mol. The molecule has 1 heterocycles. The number of amides is 4. The van der Waals surface area contributed by atoms with Crippen molar-refractivity contribution < 1.29 is 23.9 Å². The molecule has 0 aliphatic carbocycles. The van der Waals surface area contributed by atoms with Crippen LogP contribution in [0.1, 0.15) is 12.5 Å². The molecule has 2 aromatic carbocycles. The summed E-state index contributed by atoms with van der Waals surface area (Å²) in [7, 11) is 0. The van der Waals surface area contributed by atoms with Crippen LogP contribution in [-0.4, -0.2) is 36.8 Å². The molecular formula is C20H20N4O5. The normalized spacial score (nSPS) is 12.4. The Kier molecular flexibility index (Phi) is 6.08. The fourth-order valence-electron chi connectivity index (χ4n) is 2.79. The maximum absolute atomic E-state index is 12.2. The summed E-state index contributed by atoms with van der Waals surface area (Å²) in [6.07, 6.45) is 0.0416. The predicted molar refractivity (Wildman–Crippen MR) is 105 cm³/mol. The molecule has 9 nitrogen and oxygen atoms in total. The van der Waals surface area contributed by atoms with Gasteiger partial charge < -0.3 is 10.1 Å². The molecule has 1 aliphatic heterocycles. The number of hydrogen-bond acceptors (Lipinski definition) is 5. The van der Waals surface area contributed by atoms with Gasteiger partial charge in [-0.15, -0.1) is 0 Å². The van der Waals surface area contributed by atoms with Crippen LogP contribution in [0.4, 0.5) is 11.4 Å². The van der Waals surface area contributed by atoms with Gasteiger partial charge in [0.2, 0.25) is 11.8 Å². The maximum atomic E-state index is 12.2. The molecule has 0 unspecified atom stereocenters. The van der Waals surface area contributed by atoms with Crippen LogP contribution in [0.25, 0.3) is 0 Å². The molecule has 0 radical (unpaired) electrons. The number of para-hydroxylation sites is 2. The van der Waals surface area contributed by atoms with Gasteiger partial charge in [-0.3, -0.25) is 34.9 Å². The van der Waals surface area contributed by atoms with E-state index in [1.807, 2.05) is 0 Å². The van der Waals surface area contributed by atoms with E-state index in [-0.39, 0.29) is 31.4 Å². The number of anilines is 2. The quantitative estimate of drug-likeness (QED) is 0.645. The number of rotatable bonds is 5. The molecule has 0 aromatic heterocycles. The molecule has 4 amide bonds. The van der Waals surface area contributed by atoms with E-state index in [0.29, 0.717) is 22.7 Å². The van der Waals surface area contributed by atoms with Crippen molar-refractivity contribution in [1.82, 2.24) is 10.9 Å². The summed E-state index contributed by atoms with van der Waals surface area (Å²) in [5, 5.41) is 2.64. The Morgan fingerprint density at radius 3 is 2.41 bits per heavy atom. The fourth-order valence-corrected chi connectivity index (χ4v) is 2.79. The van der Waals surface area contributed by atoms with Crippen molar-refractivity contribution in [3.63, 3.8) is 0 Å². The molecule has 29 heavy (non-hydrogen) atoms. The van der Waals surface area contributed by atoms with Crippen molar-refractivity contribution in [1.29, 1.82) is 0 Å². The number of nitrogens with zero attached hydrogens (tertiary/aromatic N) is 1. The van der Waals surface area contributed by atoms with Gasteiger partial charge in [0.1, 0.15) is 12.3 Å². The second-order valence-electron chi connectivity index (χ2n) is 6.39. The van der Waals surface area contributed by atoms with Crippen LogP contribution in [-0.2, 0) is 25.6 Å². The van der Waals surface area contributed by atoms with E-state index in [1.54, 1.807) is 48.5 Å². The van der Waals surface area contributed by atoms with E-state index in [2.05, 4.69) is 16.2 Å². The summed E-state index contributed by atoms with van der Waals surface area (Å²) in [5.74, 6) is -0.959. The van der Waals surface area contributed by atoms with Crippen LogP contribution in [0.2, 0.25) is 0 Å². The van der Waals surface area contributed by atoms with Crippen LogP contribution >= 0.6 is 0 Å². The van der Waals surface area contributed by atoms with Gasteiger partial charge >= 0.3 is 0 Å². The van der Waals surface area contributed by atoms with Crippen LogP contribution in [0.3, 0.4) is 0 Å². The highest BCUT2D eigenvalue weighted by Crippen LogP contribution is 2.31. The van der Waals surface area contributed by atoms with Gasteiger partial charge in [0.15, 0.2) is 6.61 Å². The summed E-state index contributed by atoms with van der Waals surface area (Å²) in [4.78, 5) is 48.6. The molecule has 3 rings (SSSR count). The summed E-state index contributed by atoms with van der Waals surface area (Å²) in [6, 6.07) is 13.7. The molecule has 0 fully saturated rings. The van der Waals surface area contributed by atoms with Gasteiger partial charge in [0.05, 0.1) is 12.1 Å². The molecule has 0 spiro atoms. The number of carbonyl (C=O) groups is 4. The van der Waals surface area contributed by atoms with Gasteiger partial charge in [0.25, 0.3) is 11.8 Å². The first kappa shape index (κ1) is 19.9. The van der Waals surface area contributed by atoms with Crippen molar-refractivity contribution in [2.45, 2.75) is 13.3 Å². The van der Waals surface area contributed by atoms with Crippen LogP contribution < -0.4 is 25.8 Å². The molecule has 0 saturated heterocycles. The Hall–Kier alpha value is -3.88. The summed E-state index contributed by atoms with van der Waals surface area (Å²) >= 11 is 0. The number of nitrogens with one attached hydrogen (secondary N) is 3. The van der Waals surface area contributed by atoms with Crippen molar-refractivity contribution in [2.24, 2.45) is 0 Å². The lowest BCUT2D eigenvalue weighted by molar-refractivity contribution is -0.129. The Morgan fingerprint density at radius 2 is 1.69 bits per heavy atom. The SMILES string of the molecule is CC(=O)Nc1ccc(CC(=O)NNC(=O)CN2C(=O)COc3ccccc32)cc1. The zero-order valence-corrected chi connectivity index (χ0v) is 15.7. The van der Waals surface area contributed by atoms with Crippen molar-refractivity contribution in [3.8, 4) is 5.75 Å². The summed E-state index contributed by atoms with van der Waals surface area (Å²) < 4.78 is 5.33. The zero-order valence-electron chi connectivity index (χ0n) is 15.7. The van der Waals surface area contributed by atoms with Crippen molar-refractivity contribution >= 4 is 35.0 Å². The number of ether oxygens (including phenoxy) is 1. The van der Waals surface area contributed by atoms with Crippen LogP contribution in [0.5, 0.6) is 5.75 Å². The molecule has 1 aliphatic rings. The van der Waals surface area contributed by atoms with E-state index in [0.717, 1.165) is 0 Å². The smallest absolute Gasteiger partial charge is 0.265 e. The first-order valence-corrected chi connectivity index (χ1v) is 8.89. The van der Waals surface area contributed by atoms with Gasteiger partial charge in [-0.25, -0.2) is 0 Å². The molecule has 3 N–H and O–H groups in total. The monoisotopic (exact) mass is 396 g/mol. The second-order valence-corrected chi connectivity index (χ2v) is 6.39. The van der Waals surface area contributed by atoms with Crippen LogP contribution in [0, 0.1) is 0 Å². The van der Waals surface area contributed by atoms with Crippen molar-refractivity contribution in [2.75, 3.05) is 23.4 Å². The third-order valence-electron chi connectivity index (χ3n) is 4.09. The number of carbonyl (C=O) groups excluding carboxylic acids is 4. The summed E-state index contributed by atoms with van der Waals surface area (Å²) in [6.45, 7) is 1.02. The molecule has 150 valence electrons. The lowest BCUT2D eigenvalue weighted by Gasteiger charge is -2.28. The van der Waals surface area contributed by atoms with E-state index in [1.165, 1.54) is 11.8 Å². The lowest BCUT2D eigenvalue weighted by Crippen LogP contribution is -2.50. The maximum Gasteiger partial charge on any atom is 0.265 e. The minimum absolute atomic E-state index is 0.0416. The lowest BCUT2D eigenvalue weighted by atomic mass is 10.1. The Bertz CT molecular complexity index is 942. The van der Waals surface area contributed by atoms with E-state index in [4.69, 9.17) is 4.74 Å². The number of hydrazine groups is 1. The Labute approximate surface area is 167 Å². The molecule has 0 bridgehead atoms. The summed E-state index contributed by atoms with van der Waals surface area (Å²) in [5.41, 5.74) is 6.48. The second kappa shape index (κ2) is 8.87. The van der Waals surface area contributed by atoms with Crippen molar-refractivity contribution in [3.05, 3.63) is 54.1 Å². The highest BCUT2D eigenvalue weighted by molar-refractivity contribution is 6.02. The van der Waals surface area contributed by atoms with Gasteiger partial charge in [0, 0.05) is 12.6 Å². The number of hydrogen-bond donors (Lipinski definition) is 3. The molecular weight excluding hydrogens is 376 g/mol. The van der Waals surface area contributed by atoms with E-state index >= 15 is 0 Å². The van der Waals surface area contributed by atoms with Gasteiger partial charge in [-0.2, -0.15) is 0 Å². The Morgan fingerprint density at radius 1 is 1.00 bits per heavy atom. The largest absolute Gasteiger partial charge is 0.482 e. The Balaban J connectivity index is 1.50. The predicted octanol–water partition coefficient (Wildman–Crippen LogP) is 0.761. The van der Waals surface area contributed by atoms with Crippen LogP contribution in [0.15, 0.2) is 48.5 Å². The molecule has 9 heteroatoms. The topological polar surface area (TPSA) is 117 Å². The number of fused-ring (bicyclic) bond motifs is 1. The third kappa shape index (κ3) is 5.32. The highest BCUT2D eigenvalue weighted by Gasteiger charge is 2.27. The van der Waals surface area contributed by atoms with Gasteiger partial charge in [-0.1, -0.05) is 24.3 Å². The molecule has 0 atom stereocenters. The fraction of sp³-hybridized carbons (Fsp3) is 0.200. The van der Waals surface area contributed by atoms with E-state index < -0.39 is 11.8 Å². The zero-order chi connectivity index (χ0) is 20.8. The molecule has 0 saturated carbocycles. The average Bonchev–Trinajstić information content (AvgIpc) is 2.70. The highest BCUT2D eigenvalue weighted by atomic mass is 16.5. The first-order valence-electron chi connectivity index (χ1n) is 8.89. The minimum Gasteiger partial charge on any atom is -0.482 e. The number of benzene rings is 2. The molecule has 2 aromatic rings. The third-order valence-corrected chi connectivity index (χ3v) is 4.09.